The number of hydrogen-bond donors (Lipinski definition) is 0. The summed E-state index contributed by atoms with van der Waals surface area (Å²) in [6, 6.07) is 18.0. The molecule has 1 aromatic heterocycles. The van der Waals surface area contributed by atoms with Crippen LogP contribution in [0, 0.1) is 0 Å². The maximum atomic E-state index is 9.34. The van der Waals surface area contributed by atoms with E-state index in [4.69, 9.17) is 22.2 Å². The molecule has 0 atom stereocenters. The van der Waals surface area contributed by atoms with Crippen LogP contribution < -0.4 is 0 Å². The van der Waals surface area contributed by atoms with Crippen LogP contribution in [0.3, 0.4) is 0 Å². The third-order valence-corrected chi connectivity index (χ3v) is 8.18. The third-order valence-electron chi connectivity index (χ3n) is 8.18. The molecule has 0 fully saturated rings. The zero-order chi connectivity index (χ0) is 41.9. The van der Waals surface area contributed by atoms with Crippen LogP contribution in [-0.4, -0.2) is 0 Å². The predicted molar refractivity (Wildman–Crippen MR) is 190 cm³/mol. The SMILES string of the molecule is [2H]c1c([2H])c([2H])c(-c2c([2H])c([2H])c([2H])c([2H])c2-c2c3ccccc3c(-c3cccc4oc5c(-c6c([2H])c([2H])c([2H])c([2H])c6[2H])cccc5c34)c3ccccc23)c([2H])c1[2H]. The fourth-order valence-electron chi connectivity index (χ4n) is 6.39. The fraction of sp³-hybridized carbons (Fsp3) is 0. The molecule has 0 amide bonds. The molecular weight excluding hydrogens is 544 g/mol. The van der Waals surface area contributed by atoms with E-state index in [0.717, 1.165) is 11.1 Å². The van der Waals surface area contributed by atoms with Crippen molar-refractivity contribution in [3.8, 4) is 44.5 Å². The van der Waals surface area contributed by atoms with Gasteiger partial charge < -0.3 is 4.42 Å². The zero-order valence-electron chi connectivity index (χ0n) is 37.5. The Morgan fingerprint density at radius 2 is 0.844 bits per heavy atom. The van der Waals surface area contributed by atoms with Crippen LogP contribution in [0.1, 0.15) is 19.2 Å². The number of fused-ring (bicyclic) bond motifs is 5. The first kappa shape index (κ1) is 15.2. The van der Waals surface area contributed by atoms with E-state index in [1.165, 1.54) is 0 Å². The molecule has 0 aliphatic heterocycles. The summed E-state index contributed by atoms with van der Waals surface area (Å²) >= 11 is 0. The largest absolute Gasteiger partial charge is 0.455 e. The third kappa shape index (κ3) is 4.02. The van der Waals surface area contributed by atoms with Crippen molar-refractivity contribution in [3.63, 3.8) is 0 Å². The molecule has 0 saturated carbocycles. The summed E-state index contributed by atoms with van der Waals surface area (Å²) in [5.74, 6) is 0. The molecular formula is C44H28O. The lowest BCUT2D eigenvalue weighted by atomic mass is 9.83. The van der Waals surface area contributed by atoms with Crippen LogP contribution in [0.2, 0.25) is 0 Å². The molecule has 210 valence electrons. The van der Waals surface area contributed by atoms with Gasteiger partial charge in [-0.2, -0.15) is 0 Å². The number of para-hydroxylation sites is 1. The van der Waals surface area contributed by atoms with Crippen molar-refractivity contribution in [2.24, 2.45) is 0 Å². The Hall–Kier alpha value is -5.92. The fourth-order valence-corrected chi connectivity index (χ4v) is 6.39. The molecule has 0 unspecified atom stereocenters. The first-order valence-electron chi connectivity index (χ1n) is 21.3. The van der Waals surface area contributed by atoms with E-state index in [0.29, 0.717) is 54.6 Å². The molecule has 0 aliphatic rings. The van der Waals surface area contributed by atoms with Gasteiger partial charge in [0.05, 0.1) is 19.2 Å². The van der Waals surface area contributed by atoms with Crippen LogP contribution in [0.5, 0.6) is 0 Å². The van der Waals surface area contributed by atoms with Crippen molar-refractivity contribution in [1.82, 2.24) is 0 Å². The van der Waals surface area contributed by atoms with Crippen LogP contribution in [0.15, 0.2) is 174 Å². The Morgan fingerprint density at radius 1 is 0.378 bits per heavy atom. The van der Waals surface area contributed by atoms with Gasteiger partial charge in [0.25, 0.3) is 0 Å². The highest BCUT2D eigenvalue weighted by Crippen LogP contribution is 2.48. The molecule has 9 aromatic rings. The second kappa shape index (κ2) is 10.4. The summed E-state index contributed by atoms with van der Waals surface area (Å²) in [4.78, 5) is 0. The van der Waals surface area contributed by atoms with Crippen molar-refractivity contribution in [3.05, 3.63) is 170 Å². The van der Waals surface area contributed by atoms with Crippen LogP contribution >= 0.6 is 0 Å². The Labute approximate surface area is 281 Å². The van der Waals surface area contributed by atoms with E-state index < -0.39 is 72.5 Å². The Balaban J connectivity index is 1.43. The lowest BCUT2D eigenvalue weighted by Gasteiger charge is -2.20. The van der Waals surface area contributed by atoms with E-state index in [9.17, 15) is 1.37 Å². The van der Waals surface area contributed by atoms with Gasteiger partial charge in [-0.15, -0.1) is 0 Å². The first-order valence-corrected chi connectivity index (χ1v) is 14.3. The van der Waals surface area contributed by atoms with Gasteiger partial charge in [-0.1, -0.05) is 163 Å². The lowest BCUT2D eigenvalue weighted by molar-refractivity contribution is 0.670. The lowest BCUT2D eigenvalue weighted by Crippen LogP contribution is -1.93. The van der Waals surface area contributed by atoms with Crippen LogP contribution in [0.25, 0.3) is 88.0 Å². The van der Waals surface area contributed by atoms with E-state index in [2.05, 4.69) is 0 Å². The van der Waals surface area contributed by atoms with Crippen LogP contribution in [-0.2, 0) is 0 Å². The minimum atomic E-state index is -0.639. The minimum Gasteiger partial charge on any atom is -0.455 e. The van der Waals surface area contributed by atoms with Gasteiger partial charge in [-0.3, -0.25) is 0 Å². The van der Waals surface area contributed by atoms with Gasteiger partial charge in [0.1, 0.15) is 11.2 Å². The average Bonchev–Trinajstić information content (AvgIpc) is 3.64. The number of benzene rings is 8. The minimum absolute atomic E-state index is 0.00444. The van der Waals surface area contributed by atoms with E-state index >= 15 is 0 Å². The summed E-state index contributed by atoms with van der Waals surface area (Å²) in [5, 5.41) is 3.77. The summed E-state index contributed by atoms with van der Waals surface area (Å²) in [6.07, 6.45) is 0. The maximum Gasteiger partial charge on any atom is 0.143 e. The molecule has 45 heavy (non-hydrogen) atoms. The average molecular weight is 587 g/mol. The molecule has 0 saturated heterocycles. The van der Waals surface area contributed by atoms with E-state index in [1.807, 2.05) is 54.6 Å². The summed E-state index contributed by atoms with van der Waals surface area (Å²) in [7, 11) is 0. The Kier molecular flexibility index (Phi) is 3.50. The van der Waals surface area contributed by atoms with E-state index in [-0.39, 0.29) is 34.3 Å². The van der Waals surface area contributed by atoms with Crippen molar-refractivity contribution >= 4 is 43.5 Å². The highest BCUT2D eigenvalue weighted by atomic mass is 16.3. The summed E-state index contributed by atoms with van der Waals surface area (Å²) in [5.41, 5.74) is 2.36. The van der Waals surface area contributed by atoms with Gasteiger partial charge in [0.15, 0.2) is 0 Å². The van der Waals surface area contributed by atoms with Gasteiger partial charge in [0, 0.05) is 16.3 Å². The molecule has 0 bridgehead atoms. The molecule has 1 heteroatoms. The van der Waals surface area contributed by atoms with Crippen molar-refractivity contribution in [2.75, 3.05) is 0 Å². The number of furan rings is 1. The van der Waals surface area contributed by atoms with Crippen molar-refractivity contribution in [2.45, 2.75) is 0 Å². The molecule has 0 radical (unpaired) electrons. The topological polar surface area (TPSA) is 13.1 Å². The quantitative estimate of drug-likeness (QED) is 0.187. The molecule has 1 nitrogen and oxygen atoms in total. The molecule has 0 spiro atoms. The first-order chi connectivity index (χ1) is 28.2. The monoisotopic (exact) mass is 586 g/mol. The normalized spacial score (nSPS) is 15.9. The molecule has 0 aliphatic carbocycles. The molecule has 8 aromatic carbocycles. The predicted octanol–water partition coefficient (Wildman–Crippen LogP) is 12.6. The van der Waals surface area contributed by atoms with Crippen LogP contribution in [0.4, 0.5) is 0 Å². The molecule has 0 N–H and O–H groups in total. The van der Waals surface area contributed by atoms with Crippen molar-refractivity contribution < 1.29 is 23.6 Å². The van der Waals surface area contributed by atoms with Gasteiger partial charge in [-0.05, 0) is 66.6 Å². The van der Waals surface area contributed by atoms with Crippen molar-refractivity contribution in [1.29, 1.82) is 0 Å². The van der Waals surface area contributed by atoms with Gasteiger partial charge in [-0.25, -0.2) is 0 Å². The molecule has 1 heterocycles. The van der Waals surface area contributed by atoms with E-state index in [1.54, 1.807) is 30.3 Å². The second-order valence-electron chi connectivity index (χ2n) is 10.6. The van der Waals surface area contributed by atoms with Gasteiger partial charge in [0.2, 0.25) is 0 Å². The number of rotatable bonds is 4. The second-order valence-corrected chi connectivity index (χ2v) is 10.6. The Bertz CT molecular complexity index is 3220. The zero-order valence-corrected chi connectivity index (χ0v) is 23.5. The standard InChI is InChI=1S/C44H28O/c1-3-15-29(16-4-1)31-19-7-8-20-33(31)41-34-21-9-11-23-36(34)42(37-24-12-10-22-35(37)41)38-26-14-28-40-43(38)39-27-13-25-32(44(39)45-40)30-17-5-2-6-18-30/h1-28H/i1D,2D,3D,4D,5D,6D,7D,8D,15D,16D,17D,18D,19D,20D. The highest BCUT2D eigenvalue weighted by molar-refractivity contribution is 6.26. The highest BCUT2D eigenvalue weighted by Gasteiger charge is 2.22. The summed E-state index contributed by atoms with van der Waals surface area (Å²) in [6.45, 7) is 0. The summed E-state index contributed by atoms with van der Waals surface area (Å²) < 4.78 is 127. The molecule has 9 rings (SSSR count). The Morgan fingerprint density at radius 3 is 1.47 bits per heavy atom. The maximum absolute atomic E-state index is 9.34. The number of hydrogen-bond acceptors (Lipinski definition) is 1. The smallest absolute Gasteiger partial charge is 0.143 e. The van der Waals surface area contributed by atoms with Gasteiger partial charge >= 0.3 is 0 Å².